The van der Waals surface area contributed by atoms with Crippen LogP contribution in [0.5, 0.6) is 0 Å². The molecular weight excluding hydrogens is 1830 g/mol. The highest BCUT2D eigenvalue weighted by molar-refractivity contribution is 7.99. The molecule has 5 heteroatoms. The van der Waals surface area contributed by atoms with E-state index in [9.17, 15) is 4.21 Å². The zero-order valence-corrected chi connectivity index (χ0v) is 99.9. The first-order valence-corrected chi connectivity index (χ1v) is 62.4. The number of ether oxygens (including phenoxy) is 1. The first-order chi connectivity index (χ1) is 72.8. The summed E-state index contributed by atoms with van der Waals surface area (Å²) in [4.78, 5) is 0. The third kappa shape index (κ3) is 180. The minimum Gasteiger partial charge on any atom is -0.381 e. The zero-order chi connectivity index (χ0) is 108. The topological polar surface area (TPSA) is 26.3 Å². The summed E-state index contributed by atoms with van der Waals surface area (Å²) in [7, 11) is -0.632. The van der Waals surface area contributed by atoms with E-state index in [-0.39, 0.29) is 0 Å². The van der Waals surface area contributed by atoms with Gasteiger partial charge in [0.05, 0.1) is 0 Å². The Balaban J connectivity index is -0.000000311. The molecule has 0 saturated heterocycles. The molecule has 0 aliphatic rings. The Morgan fingerprint density at radius 1 is 0.170 bits per heavy atom. The zero-order valence-electron chi connectivity index (χ0n) is 97.5. The highest BCUT2D eigenvalue weighted by atomic mass is 32.2. The Kier molecular flexibility index (Phi) is 168. The Morgan fingerprint density at radius 2 is 0.361 bits per heavy atom. The lowest BCUT2D eigenvalue weighted by molar-refractivity contribution is 0.152. The van der Waals surface area contributed by atoms with E-state index in [1.54, 1.807) is 0 Å². The minimum absolute atomic E-state index is 0.632. The van der Waals surface area contributed by atoms with E-state index in [0.29, 0.717) is 0 Å². The van der Waals surface area contributed by atoms with Gasteiger partial charge in [0, 0.05) is 41.3 Å². The van der Waals surface area contributed by atoms with Crippen molar-refractivity contribution in [3.05, 3.63) is 425 Å². The molecule has 0 radical (unpaired) electrons. The van der Waals surface area contributed by atoms with E-state index >= 15 is 0 Å². The minimum atomic E-state index is -0.632. The van der Waals surface area contributed by atoms with Gasteiger partial charge in [-0.25, -0.2) is 0 Å². The van der Waals surface area contributed by atoms with Crippen molar-refractivity contribution in [1.29, 1.82) is 0 Å². The van der Waals surface area contributed by atoms with E-state index in [1.807, 2.05) is 37.4 Å². The van der Waals surface area contributed by atoms with Crippen molar-refractivity contribution in [2.24, 2.45) is 0 Å². The molecular formula is C142H228O2S3. The number of hydrogen-bond donors (Lipinski definition) is 0. The van der Waals surface area contributed by atoms with Crippen LogP contribution in [0.4, 0.5) is 0 Å². The molecule has 0 aliphatic heterocycles. The Hall–Kier alpha value is -8.29. The van der Waals surface area contributed by atoms with Crippen LogP contribution in [0.15, 0.2) is 425 Å². The van der Waals surface area contributed by atoms with Crippen LogP contribution in [0, 0.1) is 0 Å². The van der Waals surface area contributed by atoms with Gasteiger partial charge in [0.2, 0.25) is 0 Å². The lowest BCUT2D eigenvalue weighted by Crippen LogP contribution is -1.97. The fraction of sp³-hybridized carbons (Fsp3) is 0.507. The quantitative estimate of drug-likeness (QED) is 0.0448. The molecule has 0 aromatic heterocycles. The molecule has 0 rings (SSSR count). The second-order valence-corrected chi connectivity index (χ2v) is 38.9. The average Bonchev–Trinajstić information content (AvgIpc) is 1.07. The van der Waals surface area contributed by atoms with Gasteiger partial charge >= 0.3 is 0 Å². The number of unbranched alkanes of at least 4 members (excludes halogenated alkanes) is 9. The summed E-state index contributed by atoms with van der Waals surface area (Å²) >= 11 is 3.98. The molecule has 147 heavy (non-hydrogen) atoms. The summed E-state index contributed by atoms with van der Waals surface area (Å²) < 4.78 is 16.5. The molecule has 0 saturated carbocycles. The van der Waals surface area contributed by atoms with Gasteiger partial charge in [-0.1, -0.05) is 560 Å². The van der Waals surface area contributed by atoms with Crippen LogP contribution < -0.4 is 0 Å². The summed E-state index contributed by atoms with van der Waals surface area (Å²) in [5, 5.41) is 0. The summed E-state index contributed by atoms with van der Waals surface area (Å²) in [6.45, 7) is 32.0. The van der Waals surface area contributed by atoms with E-state index in [4.69, 9.17) is 4.74 Å². The monoisotopic (exact) mass is 2060 g/mol. The van der Waals surface area contributed by atoms with Crippen molar-refractivity contribution in [3.8, 4) is 0 Å². The van der Waals surface area contributed by atoms with Crippen molar-refractivity contribution in [3.63, 3.8) is 0 Å². The molecule has 826 valence electrons. The van der Waals surface area contributed by atoms with Gasteiger partial charge in [0.1, 0.15) is 0 Å². The number of allylic oxidation sites excluding steroid dienone is 68. The second-order valence-electron chi connectivity index (χ2n) is 34.3. The van der Waals surface area contributed by atoms with Crippen LogP contribution in [-0.2, 0) is 15.5 Å². The number of rotatable bonds is 90. The van der Waals surface area contributed by atoms with Crippen molar-refractivity contribution in [2.45, 2.75) is 418 Å². The van der Waals surface area contributed by atoms with Crippen LogP contribution in [0.1, 0.15) is 418 Å². The van der Waals surface area contributed by atoms with Gasteiger partial charge in [-0.15, -0.1) is 0 Å². The fourth-order valence-corrected chi connectivity index (χ4v) is 13.9. The molecule has 0 spiro atoms. The summed E-state index contributed by atoms with van der Waals surface area (Å²) in [6.07, 6.45) is 212. The molecule has 2 nitrogen and oxygen atoms in total. The molecule has 1 atom stereocenters. The van der Waals surface area contributed by atoms with Crippen molar-refractivity contribution in [2.75, 3.05) is 47.7 Å². The van der Waals surface area contributed by atoms with Crippen LogP contribution >= 0.6 is 23.5 Å². The van der Waals surface area contributed by atoms with Gasteiger partial charge in [-0.3, -0.25) is 4.21 Å². The number of hydrogen-bond acceptors (Lipinski definition) is 4. The first kappa shape index (κ1) is 152. The standard InChI is InChI=1S/C22H34.C20H32OS.C20H32O.2C20H32S.C20H34.C20H32/c1-3-5-7-9-11-13-15-17-19-21-22-20-18-16-14-12-10-8-6-4-2;1-3-5-6-7-8-9-10-11-12-13-14-15-16-17-18-19-20-22(21)4-2;3*1-3-5-6-7-8-9-10-11-12-13-14-15-16-17-18-19-20-21-4-2;2*1-3-5-7-9-11-13-15-17-19-20-18-16-14-12-10-8-6-4-2/h5,7-8,10-11,13-14,16-17,19-20,22H,3-4,6,9,12,15,18,21H2,1-2H3;5-6,8-9,11-12,14-15,17-18H,3-4,7,10,13,16,19-20H2,1-2H3;5-6,8-9,11-12,14-15,17-18H,3-4,7,10,13,16,19-20H2,1-2H3;5-6,8-9,11-12,14-15,18-19H,3-4,7,10,13,16-17,20H2,1-2H3;5-6,8-9,11-12,14-15,17-18H,3-4,7,10,13,16,19-20H2,1-2H3;9,11-12,14-15,17-18,20H,3-8,10,13,16,19H2,1-2H3;5,7,10-13,16-19H,3-4,6,8-9,14-15,20H2,1-2H3/b7-5-,10-8-,13-11-,16-14-,19-17-,22-20-;2*6-5-,9-8-,12-11-,15-14-,18-17-;6-5-,9-8-,12-11-,15-14-,19-18+;6-5-,9-8-,12-11-,15-14-,18-17-;11-9-,14-12-,17-15-,20-18-;7-5-,12-10-,13-11-,18-16-,19-17-. The largest absolute Gasteiger partial charge is 0.381 e. The lowest BCUT2D eigenvalue weighted by atomic mass is 10.2. The van der Waals surface area contributed by atoms with Crippen LogP contribution in [0.3, 0.4) is 0 Å². The normalized spacial score (nSPS) is 13.3. The molecule has 0 aromatic rings. The molecule has 0 aliphatic carbocycles. The predicted octanol–water partition coefficient (Wildman–Crippen LogP) is 47.4. The van der Waals surface area contributed by atoms with E-state index in [1.165, 1.54) is 107 Å². The molecule has 0 amide bonds. The first-order valence-electron chi connectivity index (χ1n) is 58.6. The summed E-state index contributed by atoms with van der Waals surface area (Å²) in [5.74, 6) is 6.41. The second kappa shape index (κ2) is 163. The molecule has 0 heterocycles. The van der Waals surface area contributed by atoms with Crippen LogP contribution in [-0.4, -0.2) is 51.9 Å². The van der Waals surface area contributed by atoms with Gasteiger partial charge in [-0.05, 0) is 300 Å². The van der Waals surface area contributed by atoms with Crippen LogP contribution in [0.2, 0.25) is 0 Å². The number of thioether (sulfide) groups is 2. The van der Waals surface area contributed by atoms with Crippen molar-refractivity contribution >= 4 is 34.3 Å². The molecule has 0 fully saturated rings. The third-order valence-electron chi connectivity index (χ3n) is 20.5. The highest BCUT2D eigenvalue weighted by Gasteiger charge is 1.93. The highest BCUT2D eigenvalue weighted by Crippen LogP contribution is 2.10. The van der Waals surface area contributed by atoms with Gasteiger partial charge in [0.15, 0.2) is 0 Å². The molecule has 1 unspecified atom stereocenters. The third-order valence-corrected chi connectivity index (χ3v) is 23.6. The Labute approximate surface area is 927 Å². The smallest absolute Gasteiger partial charge is 0.0500 e. The molecule has 0 bridgehead atoms. The van der Waals surface area contributed by atoms with E-state index < -0.39 is 10.8 Å². The lowest BCUT2D eigenvalue weighted by Gasteiger charge is -1.94. The fourth-order valence-electron chi connectivity index (χ4n) is 12.1. The maximum Gasteiger partial charge on any atom is 0.0500 e. The van der Waals surface area contributed by atoms with Gasteiger partial charge in [-0.2, -0.15) is 23.5 Å². The Bertz CT molecular complexity index is 3660. The molecule has 0 N–H and O–H groups in total. The van der Waals surface area contributed by atoms with E-state index in [0.717, 1.165) is 262 Å². The maximum atomic E-state index is 11.2. The Morgan fingerprint density at radius 3 is 0.571 bits per heavy atom. The van der Waals surface area contributed by atoms with Crippen molar-refractivity contribution < 1.29 is 8.95 Å². The van der Waals surface area contributed by atoms with Crippen LogP contribution in [0.25, 0.3) is 0 Å². The van der Waals surface area contributed by atoms with E-state index in [2.05, 4.69) is 508 Å². The van der Waals surface area contributed by atoms with Gasteiger partial charge in [0.25, 0.3) is 0 Å². The average molecular weight is 2060 g/mol. The maximum absolute atomic E-state index is 11.2. The predicted molar refractivity (Wildman–Crippen MR) is 694 cm³/mol. The van der Waals surface area contributed by atoms with Gasteiger partial charge < -0.3 is 4.74 Å². The van der Waals surface area contributed by atoms with Crippen molar-refractivity contribution in [1.82, 2.24) is 0 Å². The molecule has 0 aromatic carbocycles. The SMILES string of the molecule is CC/C=C\C/C=C\C/C=C\C/C=C\C/C=C\C/C=C\CCC.CC/C=C\C/C=C\C/C=C\C/C=C\C/C=C\CCCC.CC/C=C\C/C=C\C/C=C\C/C=C\C/C=C\CCOCC.CC/C=C\C/C=C\C/C=C\C/C=C\C/C=C\CCS(=O)CC.CC/C=C\C/C=C\C/C=C\C/C=C\C/C=C\CCSCC.CC/C=C\C/C=C\C/C=C\C/C=C\CC/C=C/CSCC.CCCC/C=C\C/C=C\C/C=C\C/C=C\CCCCC. The summed E-state index contributed by atoms with van der Waals surface area (Å²) in [6, 6.07) is 0. The summed E-state index contributed by atoms with van der Waals surface area (Å²) in [5.41, 5.74) is 0.